The van der Waals surface area contributed by atoms with Gasteiger partial charge in [0.25, 0.3) is 0 Å². The molecule has 1 aliphatic rings. The molecular weight excluding hydrogens is 395 g/mol. The van der Waals surface area contributed by atoms with Crippen LogP contribution in [0.4, 0.5) is 0 Å². The Morgan fingerprint density at radius 1 is 1.07 bits per heavy atom. The van der Waals surface area contributed by atoms with Gasteiger partial charge in [-0.2, -0.15) is 0 Å². The minimum absolute atomic E-state index is 0.111. The van der Waals surface area contributed by atoms with E-state index in [0.717, 1.165) is 11.1 Å². The molecule has 2 N–H and O–H groups in total. The summed E-state index contributed by atoms with van der Waals surface area (Å²) < 4.78 is 15.4. The Kier molecular flexibility index (Phi) is 5.94. The molecule has 1 atom stereocenters. The number of hydrogen-bond donors (Lipinski definition) is 2. The third-order valence-corrected chi connectivity index (χ3v) is 7.57. The zero-order valence-electron chi connectivity index (χ0n) is 19.0. The highest BCUT2D eigenvalue weighted by atomic mass is 31.2. The molecule has 30 heavy (non-hydrogen) atoms. The number of phosphoric ester groups is 1. The van der Waals surface area contributed by atoms with Gasteiger partial charge in [-0.3, -0.25) is 4.52 Å². The van der Waals surface area contributed by atoms with E-state index < -0.39 is 7.82 Å². The van der Waals surface area contributed by atoms with Crippen LogP contribution in [0.2, 0.25) is 0 Å². The quantitative estimate of drug-likeness (QED) is 0.429. The van der Waals surface area contributed by atoms with Crippen LogP contribution in [0.3, 0.4) is 0 Å². The fourth-order valence-corrected chi connectivity index (χ4v) is 5.08. The van der Waals surface area contributed by atoms with Gasteiger partial charge >= 0.3 is 7.82 Å². The van der Waals surface area contributed by atoms with Gasteiger partial charge in [0, 0.05) is 0 Å². The van der Waals surface area contributed by atoms with Crippen molar-refractivity contribution in [3.05, 3.63) is 69.8 Å². The average molecular weight is 429 g/mol. The second kappa shape index (κ2) is 7.76. The Morgan fingerprint density at radius 3 is 2.13 bits per heavy atom. The lowest BCUT2D eigenvalue weighted by atomic mass is 9.71. The molecule has 0 radical (unpaired) electrons. The smallest absolute Gasteiger partial charge is 0.303 e. The van der Waals surface area contributed by atoms with Gasteiger partial charge < -0.3 is 9.79 Å². The van der Waals surface area contributed by atoms with Crippen molar-refractivity contribution < 1.29 is 18.9 Å². The van der Waals surface area contributed by atoms with Crippen LogP contribution in [0.25, 0.3) is 11.6 Å². The summed E-state index contributed by atoms with van der Waals surface area (Å²) in [5, 5.41) is 0. The molecule has 0 fully saturated rings. The molecular formula is C25H33O4P. The molecule has 4 nitrogen and oxygen atoms in total. The SMILES string of the molecule is CC(=Cc1ccc(COP(=O)(O)O)cc1)c1cc2c(cc1C)C(C)(C)C(C)C2(C)C. The highest BCUT2D eigenvalue weighted by Crippen LogP contribution is 2.54. The third kappa shape index (κ3) is 4.33. The summed E-state index contributed by atoms with van der Waals surface area (Å²) in [5.41, 5.74) is 8.70. The lowest BCUT2D eigenvalue weighted by Crippen LogP contribution is -2.30. The van der Waals surface area contributed by atoms with Crippen molar-refractivity contribution in [1.29, 1.82) is 0 Å². The van der Waals surface area contributed by atoms with Crippen LogP contribution >= 0.6 is 7.82 Å². The van der Waals surface area contributed by atoms with E-state index >= 15 is 0 Å². The fourth-order valence-electron chi connectivity index (χ4n) is 4.76. The van der Waals surface area contributed by atoms with Gasteiger partial charge in [-0.1, -0.05) is 77.1 Å². The van der Waals surface area contributed by atoms with Crippen LogP contribution in [0.15, 0.2) is 36.4 Å². The maximum absolute atomic E-state index is 10.9. The summed E-state index contributed by atoms with van der Waals surface area (Å²) in [6, 6.07) is 12.3. The summed E-state index contributed by atoms with van der Waals surface area (Å²) in [6.45, 7) is 16.0. The molecule has 0 saturated heterocycles. The minimum atomic E-state index is -4.45. The molecule has 0 bridgehead atoms. The van der Waals surface area contributed by atoms with Crippen LogP contribution < -0.4 is 0 Å². The van der Waals surface area contributed by atoms with E-state index in [-0.39, 0.29) is 17.4 Å². The number of allylic oxidation sites excluding steroid dienone is 1. The van der Waals surface area contributed by atoms with Gasteiger partial charge in [0.1, 0.15) is 0 Å². The van der Waals surface area contributed by atoms with Crippen LogP contribution in [-0.4, -0.2) is 9.79 Å². The molecule has 2 aromatic carbocycles. The van der Waals surface area contributed by atoms with Gasteiger partial charge in [-0.25, -0.2) is 4.57 Å². The predicted molar refractivity (Wildman–Crippen MR) is 123 cm³/mol. The van der Waals surface area contributed by atoms with Gasteiger partial charge in [0.15, 0.2) is 0 Å². The number of benzene rings is 2. The third-order valence-electron chi connectivity index (χ3n) is 7.11. The van der Waals surface area contributed by atoms with Crippen molar-refractivity contribution in [3.63, 3.8) is 0 Å². The number of phosphoric acid groups is 1. The van der Waals surface area contributed by atoms with Crippen molar-refractivity contribution in [3.8, 4) is 0 Å². The molecule has 0 amide bonds. The van der Waals surface area contributed by atoms with Crippen LogP contribution in [-0.2, 0) is 26.5 Å². The van der Waals surface area contributed by atoms with E-state index in [0.29, 0.717) is 5.92 Å². The molecule has 1 aliphatic carbocycles. The first-order valence-electron chi connectivity index (χ1n) is 10.4. The molecule has 0 aliphatic heterocycles. The normalized spacial score (nSPS) is 20.3. The van der Waals surface area contributed by atoms with Crippen LogP contribution in [0.1, 0.15) is 74.9 Å². The lowest BCUT2D eigenvalue weighted by Gasteiger charge is -2.32. The van der Waals surface area contributed by atoms with Crippen molar-refractivity contribution in [2.45, 2.75) is 65.9 Å². The molecule has 162 valence electrons. The summed E-state index contributed by atoms with van der Waals surface area (Å²) in [5.74, 6) is 0.557. The maximum Gasteiger partial charge on any atom is 0.469 e. The van der Waals surface area contributed by atoms with E-state index in [9.17, 15) is 4.57 Å². The number of fused-ring (bicyclic) bond motifs is 1. The van der Waals surface area contributed by atoms with Crippen LogP contribution in [0.5, 0.6) is 0 Å². The molecule has 3 rings (SSSR count). The zero-order chi connectivity index (χ0) is 22.5. The number of aryl methyl sites for hydroxylation is 1. The zero-order valence-corrected chi connectivity index (χ0v) is 19.9. The Balaban J connectivity index is 1.91. The highest BCUT2D eigenvalue weighted by molar-refractivity contribution is 7.46. The monoisotopic (exact) mass is 428 g/mol. The van der Waals surface area contributed by atoms with E-state index in [1.165, 1.54) is 27.8 Å². The maximum atomic E-state index is 10.9. The fraction of sp³-hybridized carbons (Fsp3) is 0.440. The van der Waals surface area contributed by atoms with E-state index in [1.54, 1.807) is 0 Å². The lowest BCUT2D eigenvalue weighted by molar-refractivity contribution is 0.189. The molecule has 2 aromatic rings. The second-order valence-electron chi connectivity index (χ2n) is 9.71. The Hall–Kier alpha value is -1.71. The number of hydrogen-bond acceptors (Lipinski definition) is 2. The Bertz CT molecular complexity index is 1030. The molecule has 1 unspecified atom stereocenters. The van der Waals surface area contributed by atoms with Crippen molar-refractivity contribution in [2.24, 2.45) is 5.92 Å². The van der Waals surface area contributed by atoms with Crippen molar-refractivity contribution >= 4 is 19.5 Å². The highest BCUT2D eigenvalue weighted by Gasteiger charge is 2.48. The van der Waals surface area contributed by atoms with Crippen LogP contribution in [0, 0.1) is 12.8 Å². The molecule has 0 heterocycles. The van der Waals surface area contributed by atoms with Gasteiger partial charge in [-0.15, -0.1) is 0 Å². The molecule has 5 heteroatoms. The molecule has 0 aromatic heterocycles. The van der Waals surface area contributed by atoms with Crippen molar-refractivity contribution in [2.75, 3.05) is 0 Å². The average Bonchev–Trinajstić information content (AvgIpc) is 2.77. The summed E-state index contributed by atoms with van der Waals surface area (Å²) in [6.07, 6.45) is 2.15. The van der Waals surface area contributed by atoms with E-state index in [1.807, 2.05) is 24.3 Å². The predicted octanol–water partition coefficient (Wildman–Crippen LogP) is 6.37. The van der Waals surface area contributed by atoms with E-state index in [4.69, 9.17) is 9.79 Å². The van der Waals surface area contributed by atoms with E-state index in [2.05, 4.69) is 71.2 Å². The van der Waals surface area contributed by atoms with Gasteiger partial charge in [0.2, 0.25) is 0 Å². The minimum Gasteiger partial charge on any atom is -0.303 e. The largest absolute Gasteiger partial charge is 0.469 e. The first-order chi connectivity index (χ1) is 13.7. The topological polar surface area (TPSA) is 66.8 Å². The second-order valence-corrected chi connectivity index (χ2v) is 11.0. The Morgan fingerprint density at radius 2 is 1.60 bits per heavy atom. The first kappa shape index (κ1) is 23.0. The number of rotatable bonds is 5. The summed E-state index contributed by atoms with van der Waals surface area (Å²) >= 11 is 0. The van der Waals surface area contributed by atoms with Gasteiger partial charge in [0.05, 0.1) is 6.61 Å². The van der Waals surface area contributed by atoms with Crippen molar-refractivity contribution in [1.82, 2.24) is 0 Å². The molecule has 0 saturated carbocycles. The van der Waals surface area contributed by atoms with Gasteiger partial charge in [-0.05, 0) is 69.5 Å². The first-order valence-corrected chi connectivity index (χ1v) is 11.9. The summed E-state index contributed by atoms with van der Waals surface area (Å²) in [4.78, 5) is 17.7. The summed E-state index contributed by atoms with van der Waals surface area (Å²) in [7, 11) is -4.45. The standard InChI is InChI=1S/C25H33O4P/c1-16(12-19-8-10-20(11-9-19)15-29-30(26,27)28)21-14-23-22(13-17(21)2)24(4,5)18(3)25(23,6)7/h8-14,18H,15H2,1-7H3,(H2,26,27,28). The molecule has 0 spiro atoms. The Labute approximate surface area is 180 Å².